The second-order valence-corrected chi connectivity index (χ2v) is 5.34. The second-order valence-electron chi connectivity index (χ2n) is 5.34. The third-order valence-corrected chi connectivity index (χ3v) is 3.83. The van der Waals surface area contributed by atoms with E-state index >= 15 is 0 Å². The summed E-state index contributed by atoms with van der Waals surface area (Å²) >= 11 is 0. The van der Waals surface area contributed by atoms with Crippen molar-refractivity contribution in [2.24, 2.45) is 7.05 Å². The molecule has 0 atom stereocenters. The number of aromatic hydroxyl groups is 1. The minimum Gasteiger partial charge on any atom is -0.506 e. The fourth-order valence-electron chi connectivity index (χ4n) is 2.63. The van der Waals surface area contributed by atoms with Crippen molar-refractivity contribution in [1.82, 2.24) is 4.57 Å². The molecule has 0 bridgehead atoms. The molecule has 1 amide bonds. The normalized spacial score (nSPS) is 10.6. The fraction of sp³-hybridized carbons (Fsp3) is 0.0588. The highest BCUT2D eigenvalue weighted by Gasteiger charge is 2.26. The summed E-state index contributed by atoms with van der Waals surface area (Å²) in [6, 6.07) is 12.4. The molecule has 0 fully saturated rings. The van der Waals surface area contributed by atoms with Crippen LogP contribution in [-0.2, 0) is 7.05 Å². The molecule has 3 rings (SSSR count). The highest BCUT2D eigenvalue weighted by molar-refractivity contribution is 6.10. The zero-order valence-electron chi connectivity index (χ0n) is 13.1. The Morgan fingerprint density at radius 1 is 1.16 bits per heavy atom. The first-order valence-electron chi connectivity index (χ1n) is 7.27. The van der Waals surface area contributed by atoms with Crippen molar-refractivity contribution in [1.29, 1.82) is 0 Å². The van der Waals surface area contributed by atoms with Crippen LogP contribution in [0.4, 0.5) is 11.4 Å². The van der Waals surface area contributed by atoms with Gasteiger partial charge >= 0.3 is 0 Å². The lowest BCUT2D eigenvalue weighted by Gasteiger charge is -2.12. The summed E-state index contributed by atoms with van der Waals surface area (Å²) in [6.45, 7) is 0. The van der Waals surface area contributed by atoms with Crippen molar-refractivity contribution in [2.75, 3.05) is 5.32 Å². The van der Waals surface area contributed by atoms with Gasteiger partial charge in [-0.3, -0.25) is 19.7 Å². The Hall–Kier alpha value is -3.68. The van der Waals surface area contributed by atoms with Crippen molar-refractivity contribution in [2.45, 2.75) is 0 Å². The monoisotopic (exact) mass is 339 g/mol. The van der Waals surface area contributed by atoms with Gasteiger partial charge < -0.3 is 15.0 Å². The topological polar surface area (TPSA) is 114 Å². The van der Waals surface area contributed by atoms with Gasteiger partial charge in [0, 0.05) is 18.8 Å². The molecule has 0 aliphatic heterocycles. The first-order valence-corrected chi connectivity index (χ1v) is 7.27. The maximum Gasteiger partial charge on any atom is 0.282 e. The summed E-state index contributed by atoms with van der Waals surface area (Å²) in [5.74, 6) is -1.55. The lowest BCUT2D eigenvalue weighted by atomic mass is 10.1. The Labute approximate surface area is 141 Å². The summed E-state index contributed by atoms with van der Waals surface area (Å²) < 4.78 is 1.10. The van der Waals surface area contributed by atoms with Gasteiger partial charge in [-0.2, -0.15) is 0 Å². The summed E-state index contributed by atoms with van der Waals surface area (Å²) in [5.41, 5.74) is -1.10. The van der Waals surface area contributed by atoms with Crippen molar-refractivity contribution in [3.8, 4) is 5.75 Å². The number of hydrogen-bond acceptors (Lipinski definition) is 5. The maximum absolute atomic E-state index is 12.5. The number of benzene rings is 2. The number of carbonyl (C=O) groups excluding carboxylic acids is 1. The van der Waals surface area contributed by atoms with Crippen LogP contribution in [0.15, 0.2) is 53.3 Å². The molecule has 2 aromatic carbocycles. The molecule has 1 heterocycles. The standard InChI is InChI=1S/C17H13N3O5/c1-19-11-8-5-9-12(20(24)25)13(11)15(21)14(17(19)23)16(22)18-10-6-3-2-4-7-10/h2-9,21H,1H3,(H,18,22). The number of fused-ring (bicyclic) bond motifs is 1. The second kappa shape index (κ2) is 6.08. The van der Waals surface area contributed by atoms with E-state index < -0.39 is 27.7 Å². The number of carbonyl (C=O) groups is 1. The third kappa shape index (κ3) is 2.69. The average Bonchev–Trinajstić information content (AvgIpc) is 2.60. The zero-order valence-corrected chi connectivity index (χ0v) is 13.1. The van der Waals surface area contributed by atoms with Crippen LogP contribution in [0.3, 0.4) is 0 Å². The smallest absolute Gasteiger partial charge is 0.282 e. The Morgan fingerprint density at radius 2 is 1.84 bits per heavy atom. The molecule has 1 aromatic heterocycles. The van der Waals surface area contributed by atoms with Gasteiger partial charge in [-0.25, -0.2) is 0 Å². The lowest BCUT2D eigenvalue weighted by Crippen LogP contribution is -2.28. The number of nitro benzene ring substituents is 1. The molecular weight excluding hydrogens is 326 g/mol. The maximum atomic E-state index is 12.5. The number of nitrogens with zero attached hydrogens (tertiary/aromatic N) is 2. The van der Waals surface area contributed by atoms with Crippen molar-refractivity contribution < 1.29 is 14.8 Å². The van der Waals surface area contributed by atoms with E-state index in [2.05, 4.69) is 5.32 Å². The highest BCUT2D eigenvalue weighted by Crippen LogP contribution is 2.34. The number of hydrogen-bond donors (Lipinski definition) is 2. The fourth-order valence-corrected chi connectivity index (χ4v) is 2.63. The predicted molar refractivity (Wildman–Crippen MR) is 91.9 cm³/mol. The van der Waals surface area contributed by atoms with E-state index in [4.69, 9.17) is 0 Å². The van der Waals surface area contributed by atoms with E-state index in [1.54, 1.807) is 30.3 Å². The van der Waals surface area contributed by atoms with Crippen LogP contribution in [0.25, 0.3) is 10.9 Å². The number of aryl methyl sites for hydroxylation is 1. The van der Waals surface area contributed by atoms with Gasteiger partial charge in [0.1, 0.15) is 16.7 Å². The summed E-state index contributed by atoms with van der Waals surface area (Å²) in [5, 5.41) is 24.0. The molecule has 0 spiro atoms. The Morgan fingerprint density at radius 3 is 2.48 bits per heavy atom. The number of nitro groups is 1. The van der Waals surface area contributed by atoms with Crippen molar-refractivity contribution in [3.05, 3.63) is 74.6 Å². The number of para-hydroxylation sites is 1. The number of aromatic nitrogens is 1. The van der Waals surface area contributed by atoms with Crippen LogP contribution in [0, 0.1) is 10.1 Å². The molecule has 0 aliphatic carbocycles. The minimum absolute atomic E-state index is 0.159. The van der Waals surface area contributed by atoms with Crippen LogP contribution in [0.1, 0.15) is 10.4 Å². The molecule has 0 saturated heterocycles. The van der Waals surface area contributed by atoms with Crippen LogP contribution in [-0.4, -0.2) is 20.5 Å². The SMILES string of the molecule is Cn1c(=O)c(C(=O)Nc2ccccc2)c(O)c2c([N+](=O)[O-])cccc21. The van der Waals surface area contributed by atoms with Crippen LogP contribution in [0.5, 0.6) is 5.75 Å². The number of non-ortho nitro benzene ring substituents is 1. The van der Waals surface area contributed by atoms with E-state index in [0.717, 1.165) is 4.57 Å². The number of amides is 1. The van der Waals surface area contributed by atoms with Gasteiger partial charge in [0.2, 0.25) is 0 Å². The molecule has 126 valence electrons. The molecule has 3 aromatic rings. The number of rotatable bonds is 3. The van der Waals surface area contributed by atoms with E-state index in [1.807, 2.05) is 0 Å². The molecule has 8 nitrogen and oxygen atoms in total. The Balaban J connectivity index is 2.25. The van der Waals surface area contributed by atoms with Gasteiger partial charge in [-0.1, -0.05) is 24.3 Å². The molecule has 0 unspecified atom stereocenters. The van der Waals surface area contributed by atoms with E-state index in [1.165, 1.54) is 25.2 Å². The van der Waals surface area contributed by atoms with Gasteiger partial charge in [0.25, 0.3) is 17.2 Å². The first kappa shape index (κ1) is 16.2. The molecule has 0 saturated carbocycles. The van der Waals surface area contributed by atoms with E-state index in [0.29, 0.717) is 5.69 Å². The number of pyridine rings is 1. The van der Waals surface area contributed by atoms with Crippen LogP contribution >= 0.6 is 0 Å². The molecule has 8 heteroatoms. The molecule has 2 N–H and O–H groups in total. The van der Waals surface area contributed by atoms with E-state index in [9.17, 15) is 24.8 Å². The van der Waals surface area contributed by atoms with Gasteiger partial charge in [0.15, 0.2) is 0 Å². The Kier molecular flexibility index (Phi) is 3.94. The minimum atomic E-state index is -0.843. The first-order chi connectivity index (χ1) is 11.9. The zero-order chi connectivity index (χ0) is 18.1. The summed E-state index contributed by atoms with van der Waals surface area (Å²) in [6.07, 6.45) is 0. The molecular formula is C17H13N3O5. The van der Waals surface area contributed by atoms with Crippen LogP contribution in [0.2, 0.25) is 0 Å². The molecule has 25 heavy (non-hydrogen) atoms. The number of nitrogens with one attached hydrogen (secondary N) is 1. The van der Waals surface area contributed by atoms with Gasteiger partial charge in [-0.15, -0.1) is 0 Å². The molecule has 0 aliphatic rings. The van der Waals surface area contributed by atoms with Gasteiger partial charge in [0.05, 0.1) is 10.4 Å². The Bertz CT molecular complexity index is 1060. The van der Waals surface area contributed by atoms with Crippen LogP contribution < -0.4 is 10.9 Å². The van der Waals surface area contributed by atoms with Crippen molar-refractivity contribution in [3.63, 3.8) is 0 Å². The van der Waals surface area contributed by atoms with Crippen molar-refractivity contribution >= 4 is 28.2 Å². The third-order valence-electron chi connectivity index (χ3n) is 3.83. The average molecular weight is 339 g/mol. The summed E-state index contributed by atoms with van der Waals surface area (Å²) in [4.78, 5) is 35.5. The number of anilines is 1. The molecule has 0 radical (unpaired) electrons. The summed E-state index contributed by atoms with van der Waals surface area (Å²) in [7, 11) is 1.38. The highest BCUT2D eigenvalue weighted by atomic mass is 16.6. The lowest BCUT2D eigenvalue weighted by molar-refractivity contribution is -0.383. The van der Waals surface area contributed by atoms with E-state index in [-0.39, 0.29) is 16.6 Å². The van der Waals surface area contributed by atoms with Gasteiger partial charge in [-0.05, 0) is 18.2 Å². The predicted octanol–water partition coefficient (Wildman–Crippen LogP) is 2.40. The quantitative estimate of drug-likeness (QED) is 0.562. The largest absolute Gasteiger partial charge is 0.506 e.